The van der Waals surface area contributed by atoms with Crippen molar-refractivity contribution in [2.75, 3.05) is 13.2 Å². The summed E-state index contributed by atoms with van der Waals surface area (Å²) in [5, 5.41) is 23.2. The number of carbonyl (C=O) groups is 2. The third-order valence-electron chi connectivity index (χ3n) is 16.3. The number of nitrogens with one attached hydrogen (secondary N) is 1. The Balaban J connectivity index is 3.33. The summed E-state index contributed by atoms with van der Waals surface area (Å²) in [5.74, 6) is -0.0124. The number of carbonyl (C=O) groups excluding carboxylic acids is 2. The third kappa shape index (κ3) is 61.7. The molecule has 6 nitrogen and oxygen atoms in total. The Morgan fingerprint density at radius 1 is 0.360 bits per heavy atom. The van der Waals surface area contributed by atoms with Gasteiger partial charge in [0.2, 0.25) is 5.91 Å². The lowest BCUT2D eigenvalue weighted by Gasteiger charge is -2.22. The quantitative estimate of drug-likeness (QED) is 0.0320. The zero-order valence-electron chi connectivity index (χ0n) is 51.1. The lowest BCUT2D eigenvalue weighted by Crippen LogP contribution is -2.45. The first-order valence-electron chi connectivity index (χ1n) is 34.4. The molecule has 446 valence electrons. The molecule has 0 aromatic carbocycles. The van der Waals surface area contributed by atoms with Crippen LogP contribution in [0.3, 0.4) is 0 Å². The van der Waals surface area contributed by atoms with Gasteiger partial charge in [0.1, 0.15) is 0 Å². The van der Waals surface area contributed by atoms with Crippen LogP contribution in [0, 0.1) is 0 Å². The van der Waals surface area contributed by atoms with E-state index >= 15 is 0 Å². The molecule has 6 heteroatoms. The van der Waals surface area contributed by atoms with Gasteiger partial charge in [0.25, 0.3) is 0 Å². The monoisotopic (exact) mass is 1060 g/mol. The van der Waals surface area contributed by atoms with Gasteiger partial charge in [0, 0.05) is 12.8 Å². The second kappa shape index (κ2) is 65.1. The van der Waals surface area contributed by atoms with E-state index in [1.807, 2.05) is 0 Å². The maximum absolute atomic E-state index is 12.5. The molecule has 0 aliphatic carbocycles. The van der Waals surface area contributed by atoms with Gasteiger partial charge in [-0.15, -0.1) is 0 Å². The van der Waals surface area contributed by atoms with E-state index in [0.29, 0.717) is 25.9 Å². The number of ether oxygens (including phenoxy) is 1. The molecule has 2 unspecified atom stereocenters. The molecule has 0 saturated heterocycles. The summed E-state index contributed by atoms with van der Waals surface area (Å²) in [6.07, 6.45) is 79.8. The number of aliphatic hydroxyl groups excluding tert-OH is 2. The van der Waals surface area contributed by atoms with E-state index in [-0.39, 0.29) is 18.5 Å². The maximum Gasteiger partial charge on any atom is 0.305 e. The standard InChI is InChI=1S/C69H135NO5/c1-3-5-7-9-11-13-15-16-17-18-29-33-36-39-43-47-51-55-59-63-69(74)75-64-60-56-52-48-44-40-37-34-31-28-26-24-22-20-19-21-23-25-27-30-32-35-38-42-46-50-54-58-62-68(73)70-66(65-71)67(72)61-57-53-49-45-41-14-12-10-8-6-4-2/h19-20,66-67,71-72H,3-18,21-65H2,1-2H3,(H,70,73)/b20-19-. The lowest BCUT2D eigenvalue weighted by atomic mass is 10.0. The predicted octanol–water partition coefficient (Wildman–Crippen LogP) is 22.0. The van der Waals surface area contributed by atoms with E-state index in [2.05, 4.69) is 31.3 Å². The SMILES string of the molecule is CCCCCCCCCCCCCCCCCCCCCC(=O)OCCCCCCCCCCCCCC/C=C\CCCCCCCCCCCCCCC(=O)NC(CO)C(O)CCCCCCCCCCCCC. The number of unbranched alkanes of at least 4 members (excludes halogenated alkanes) is 52. The largest absolute Gasteiger partial charge is 0.466 e. The van der Waals surface area contributed by atoms with E-state index < -0.39 is 12.1 Å². The highest BCUT2D eigenvalue weighted by Gasteiger charge is 2.20. The molecule has 2 atom stereocenters. The zero-order valence-corrected chi connectivity index (χ0v) is 51.1. The molecule has 75 heavy (non-hydrogen) atoms. The van der Waals surface area contributed by atoms with Crippen LogP contribution in [0.4, 0.5) is 0 Å². The Morgan fingerprint density at radius 2 is 0.627 bits per heavy atom. The second-order valence-electron chi connectivity index (χ2n) is 23.9. The van der Waals surface area contributed by atoms with E-state index in [1.165, 1.54) is 321 Å². The van der Waals surface area contributed by atoms with Crippen LogP contribution < -0.4 is 5.32 Å². The maximum atomic E-state index is 12.5. The molecule has 0 saturated carbocycles. The molecule has 0 heterocycles. The molecule has 0 fully saturated rings. The van der Waals surface area contributed by atoms with Crippen molar-refractivity contribution in [3.63, 3.8) is 0 Å². The molecular weight excluding hydrogens is 923 g/mol. The minimum Gasteiger partial charge on any atom is -0.466 e. The zero-order chi connectivity index (χ0) is 54.3. The Bertz CT molecular complexity index is 1130. The highest BCUT2D eigenvalue weighted by molar-refractivity contribution is 5.76. The van der Waals surface area contributed by atoms with Crippen molar-refractivity contribution in [1.29, 1.82) is 0 Å². The number of hydrogen-bond donors (Lipinski definition) is 3. The van der Waals surface area contributed by atoms with Gasteiger partial charge < -0.3 is 20.3 Å². The first-order valence-corrected chi connectivity index (χ1v) is 34.4. The van der Waals surface area contributed by atoms with E-state index in [0.717, 1.165) is 38.5 Å². The van der Waals surface area contributed by atoms with Crippen LogP contribution in [-0.2, 0) is 14.3 Å². The summed E-state index contributed by atoms with van der Waals surface area (Å²) >= 11 is 0. The molecule has 0 aliphatic heterocycles. The van der Waals surface area contributed by atoms with E-state index in [9.17, 15) is 19.8 Å². The number of hydrogen-bond acceptors (Lipinski definition) is 5. The lowest BCUT2D eigenvalue weighted by molar-refractivity contribution is -0.143. The minimum absolute atomic E-state index is 0.0215. The van der Waals surface area contributed by atoms with Crippen LogP contribution in [0.5, 0.6) is 0 Å². The summed E-state index contributed by atoms with van der Waals surface area (Å²) < 4.78 is 5.51. The van der Waals surface area contributed by atoms with Crippen molar-refractivity contribution < 1.29 is 24.5 Å². The molecule has 0 spiro atoms. The van der Waals surface area contributed by atoms with Gasteiger partial charge in [-0.05, 0) is 51.4 Å². The molecule has 0 radical (unpaired) electrons. The first-order chi connectivity index (χ1) is 37.0. The summed E-state index contributed by atoms with van der Waals surface area (Å²) in [4.78, 5) is 24.6. The van der Waals surface area contributed by atoms with Crippen LogP contribution in [0.25, 0.3) is 0 Å². The van der Waals surface area contributed by atoms with Crippen LogP contribution in [0.15, 0.2) is 12.2 Å². The van der Waals surface area contributed by atoms with Crippen molar-refractivity contribution in [1.82, 2.24) is 5.32 Å². The summed E-state index contributed by atoms with van der Waals surface area (Å²) in [6, 6.07) is -0.539. The topological polar surface area (TPSA) is 95.9 Å². The van der Waals surface area contributed by atoms with Crippen molar-refractivity contribution in [2.24, 2.45) is 0 Å². The third-order valence-corrected chi connectivity index (χ3v) is 16.3. The van der Waals surface area contributed by atoms with Gasteiger partial charge in [-0.2, -0.15) is 0 Å². The van der Waals surface area contributed by atoms with Crippen molar-refractivity contribution in [3.05, 3.63) is 12.2 Å². The Morgan fingerprint density at radius 3 is 0.947 bits per heavy atom. The molecular formula is C69H135NO5. The Hall–Kier alpha value is -1.40. The molecule has 0 aromatic rings. The van der Waals surface area contributed by atoms with Gasteiger partial charge in [0.05, 0.1) is 25.4 Å². The minimum atomic E-state index is -0.662. The molecule has 1 amide bonds. The van der Waals surface area contributed by atoms with Gasteiger partial charge in [-0.3, -0.25) is 9.59 Å². The van der Waals surface area contributed by atoms with Gasteiger partial charge in [-0.1, -0.05) is 341 Å². The number of aliphatic hydroxyl groups is 2. The van der Waals surface area contributed by atoms with Crippen LogP contribution in [0.2, 0.25) is 0 Å². The fraction of sp³-hybridized carbons (Fsp3) is 0.942. The normalized spacial score (nSPS) is 12.5. The highest BCUT2D eigenvalue weighted by Crippen LogP contribution is 2.19. The number of allylic oxidation sites excluding steroid dienone is 2. The summed E-state index contributed by atoms with van der Waals surface area (Å²) in [5.41, 5.74) is 0. The first kappa shape index (κ1) is 73.6. The molecule has 0 bridgehead atoms. The number of amides is 1. The fourth-order valence-electron chi connectivity index (χ4n) is 11.1. The Kier molecular flexibility index (Phi) is 63.9. The predicted molar refractivity (Wildman–Crippen MR) is 329 cm³/mol. The second-order valence-corrected chi connectivity index (χ2v) is 23.9. The van der Waals surface area contributed by atoms with Gasteiger partial charge in [0.15, 0.2) is 0 Å². The van der Waals surface area contributed by atoms with E-state index in [4.69, 9.17) is 4.74 Å². The van der Waals surface area contributed by atoms with Gasteiger partial charge >= 0.3 is 5.97 Å². The Labute approximate surface area is 469 Å². The van der Waals surface area contributed by atoms with Crippen LogP contribution in [0.1, 0.15) is 393 Å². The van der Waals surface area contributed by atoms with Crippen molar-refractivity contribution in [2.45, 2.75) is 405 Å². The van der Waals surface area contributed by atoms with Crippen molar-refractivity contribution in [3.8, 4) is 0 Å². The number of esters is 1. The van der Waals surface area contributed by atoms with Crippen LogP contribution in [-0.4, -0.2) is 47.4 Å². The average Bonchev–Trinajstić information content (AvgIpc) is 3.41. The molecule has 0 aliphatic rings. The number of rotatable bonds is 65. The highest BCUT2D eigenvalue weighted by atomic mass is 16.5. The summed E-state index contributed by atoms with van der Waals surface area (Å²) in [6.45, 7) is 4.98. The fourth-order valence-corrected chi connectivity index (χ4v) is 11.1. The van der Waals surface area contributed by atoms with Crippen LogP contribution >= 0.6 is 0 Å². The average molecular weight is 1060 g/mol. The summed E-state index contributed by atoms with van der Waals surface area (Å²) in [7, 11) is 0. The molecule has 0 rings (SSSR count). The van der Waals surface area contributed by atoms with Gasteiger partial charge in [-0.25, -0.2) is 0 Å². The van der Waals surface area contributed by atoms with E-state index in [1.54, 1.807) is 0 Å². The molecule has 0 aromatic heterocycles. The smallest absolute Gasteiger partial charge is 0.305 e. The molecule has 3 N–H and O–H groups in total. The van der Waals surface area contributed by atoms with Crippen molar-refractivity contribution >= 4 is 11.9 Å².